The number of hydrogen-bond acceptors (Lipinski definition) is 4. The van der Waals surface area contributed by atoms with Gasteiger partial charge in [-0.1, -0.05) is 6.07 Å². The highest BCUT2D eigenvalue weighted by Crippen LogP contribution is 2.24. The van der Waals surface area contributed by atoms with E-state index in [1.807, 2.05) is 25.2 Å². The lowest BCUT2D eigenvalue weighted by Gasteiger charge is -2.15. The van der Waals surface area contributed by atoms with Crippen LogP contribution in [0.5, 0.6) is 11.5 Å². The van der Waals surface area contributed by atoms with Gasteiger partial charge in [0.2, 0.25) is 0 Å². The van der Waals surface area contributed by atoms with Crippen molar-refractivity contribution in [3.8, 4) is 11.5 Å². The van der Waals surface area contributed by atoms with Crippen molar-refractivity contribution in [1.29, 1.82) is 0 Å². The first-order valence-corrected chi connectivity index (χ1v) is 5.30. The maximum Gasteiger partial charge on any atom is 0.125 e. The van der Waals surface area contributed by atoms with Crippen LogP contribution in [0, 0.1) is 0 Å². The summed E-state index contributed by atoms with van der Waals surface area (Å²) in [7, 11) is 5.32. The molecule has 0 fully saturated rings. The van der Waals surface area contributed by atoms with Gasteiger partial charge in [-0.05, 0) is 25.1 Å². The highest BCUT2D eigenvalue weighted by Gasteiger charge is 2.05. The van der Waals surface area contributed by atoms with Gasteiger partial charge in [0.05, 0.1) is 14.2 Å². The molecule has 0 aromatic heterocycles. The average molecular weight is 224 g/mol. The third-order valence-electron chi connectivity index (χ3n) is 2.57. The van der Waals surface area contributed by atoms with Crippen molar-refractivity contribution in [3.63, 3.8) is 0 Å². The fourth-order valence-corrected chi connectivity index (χ4v) is 1.46. The summed E-state index contributed by atoms with van der Waals surface area (Å²) in [4.78, 5) is 2.06. The molecule has 2 N–H and O–H groups in total. The van der Waals surface area contributed by atoms with Gasteiger partial charge in [-0.15, -0.1) is 0 Å². The Morgan fingerprint density at radius 3 is 2.56 bits per heavy atom. The topological polar surface area (TPSA) is 47.7 Å². The summed E-state index contributed by atoms with van der Waals surface area (Å²) in [6, 6.07) is 5.88. The Kier molecular flexibility index (Phi) is 5.08. The van der Waals surface area contributed by atoms with Crippen molar-refractivity contribution >= 4 is 0 Å². The minimum absolute atomic E-state index is 0.568. The van der Waals surface area contributed by atoms with Crippen LogP contribution in [0.1, 0.15) is 5.56 Å². The largest absolute Gasteiger partial charge is 0.497 e. The lowest BCUT2D eigenvalue weighted by molar-refractivity contribution is 0.344. The van der Waals surface area contributed by atoms with E-state index in [2.05, 4.69) is 4.90 Å². The normalized spacial score (nSPS) is 10.6. The standard InChI is InChI=1S/C12H20N2O2/c1-14(9-13)7-6-10-4-5-11(15-2)8-12(10)16-3/h4-5,8H,6-7,9,13H2,1-3H3. The maximum absolute atomic E-state index is 5.53. The number of hydrogen-bond donors (Lipinski definition) is 1. The smallest absolute Gasteiger partial charge is 0.125 e. The summed E-state index contributed by atoms with van der Waals surface area (Å²) in [5.74, 6) is 1.68. The van der Waals surface area contributed by atoms with Gasteiger partial charge in [0.15, 0.2) is 0 Å². The minimum Gasteiger partial charge on any atom is -0.497 e. The van der Waals surface area contributed by atoms with Gasteiger partial charge in [0.1, 0.15) is 11.5 Å². The fourth-order valence-electron chi connectivity index (χ4n) is 1.46. The molecule has 90 valence electrons. The van der Waals surface area contributed by atoms with Crippen LogP contribution in [-0.2, 0) is 6.42 Å². The molecule has 0 aliphatic rings. The average Bonchev–Trinajstić information content (AvgIpc) is 2.35. The highest BCUT2D eigenvalue weighted by molar-refractivity contribution is 5.40. The predicted molar refractivity (Wildman–Crippen MR) is 64.9 cm³/mol. The summed E-state index contributed by atoms with van der Waals surface area (Å²) < 4.78 is 10.5. The van der Waals surface area contributed by atoms with E-state index in [4.69, 9.17) is 15.2 Å². The summed E-state index contributed by atoms with van der Waals surface area (Å²) in [6.07, 6.45) is 0.918. The molecule has 16 heavy (non-hydrogen) atoms. The third-order valence-corrected chi connectivity index (χ3v) is 2.57. The van der Waals surface area contributed by atoms with Gasteiger partial charge < -0.3 is 15.2 Å². The molecule has 4 nitrogen and oxygen atoms in total. The molecule has 0 unspecified atom stereocenters. The maximum atomic E-state index is 5.53. The summed E-state index contributed by atoms with van der Waals surface area (Å²) >= 11 is 0. The van der Waals surface area contributed by atoms with Crippen molar-refractivity contribution in [2.75, 3.05) is 34.5 Å². The van der Waals surface area contributed by atoms with Gasteiger partial charge >= 0.3 is 0 Å². The molecule has 0 spiro atoms. The number of nitrogens with two attached hydrogens (primary N) is 1. The number of rotatable bonds is 6. The molecule has 0 amide bonds. The van der Waals surface area contributed by atoms with Crippen LogP contribution in [-0.4, -0.2) is 39.4 Å². The first-order valence-electron chi connectivity index (χ1n) is 5.30. The van der Waals surface area contributed by atoms with Crippen molar-refractivity contribution < 1.29 is 9.47 Å². The van der Waals surface area contributed by atoms with Gasteiger partial charge in [0, 0.05) is 19.3 Å². The lowest BCUT2D eigenvalue weighted by atomic mass is 10.1. The van der Waals surface area contributed by atoms with Gasteiger partial charge in [-0.2, -0.15) is 0 Å². The van der Waals surface area contributed by atoms with Crippen molar-refractivity contribution in [3.05, 3.63) is 23.8 Å². The van der Waals surface area contributed by atoms with Crippen molar-refractivity contribution in [2.45, 2.75) is 6.42 Å². The van der Waals surface area contributed by atoms with E-state index in [0.29, 0.717) is 6.67 Å². The molecule has 0 aliphatic carbocycles. The van der Waals surface area contributed by atoms with Gasteiger partial charge in [-0.3, -0.25) is 4.90 Å². The third kappa shape index (κ3) is 3.40. The molecule has 1 aromatic rings. The lowest BCUT2D eigenvalue weighted by Crippen LogP contribution is -2.27. The molecule has 1 rings (SSSR count). The molecular formula is C12H20N2O2. The predicted octanol–water partition coefficient (Wildman–Crippen LogP) is 1.09. The fraction of sp³-hybridized carbons (Fsp3) is 0.500. The minimum atomic E-state index is 0.568. The Balaban J connectivity index is 2.71. The van der Waals surface area contributed by atoms with Gasteiger partial charge in [-0.25, -0.2) is 0 Å². The van der Waals surface area contributed by atoms with Crippen LogP contribution in [0.15, 0.2) is 18.2 Å². The Labute approximate surface area is 96.9 Å². The SMILES string of the molecule is COc1ccc(CCN(C)CN)c(OC)c1. The molecule has 0 atom stereocenters. The monoisotopic (exact) mass is 224 g/mol. The summed E-state index contributed by atoms with van der Waals surface area (Å²) in [5.41, 5.74) is 6.70. The second-order valence-corrected chi connectivity index (χ2v) is 3.69. The Morgan fingerprint density at radius 1 is 1.25 bits per heavy atom. The molecule has 0 bridgehead atoms. The van der Waals surface area contributed by atoms with Crippen LogP contribution < -0.4 is 15.2 Å². The number of methoxy groups -OCH3 is 2. The van der Waals surface area contributed by atoms with Crippen LogP contribution in [0.25, 0.3) is 0 Å². The molecule has 1 aromatic carbocycles. The second kappa shape index (κ2) is 6.35. The zero-order valence-electron chi connectivity index (χ0n) is 10.2. The molecule has 0 saturated carbocycles. The van der Waals surface area contributed by atoms with E-state index < -0.39 is 0 Å². The number of benzene rings is 1. The molecule has 0 saturated heterocycles. The van der Waals surface area contributed by atoms with E-state index in [1.54, 1.807) is 14.2 Å². The highest BCUT2D eigenvalue weighted by atomic mass is 16.5. The van der Waals surface area contributed by atoms with E-state index in [1.165, 1.54) is 5.56 Å². The molecule has 0 radical (unpaired) electrons. The molecule has 0 heterocycles. The van der Waals surface area contributed by atoms with Crippen LogP contribution in [0.3, 0.4) is 0 Å². The quantitative estimate of drug-likeness (QED) is 0.735. The van der Waals surface area contributed by atoms with Crippen LogP contribution >= 0.6 is 0 Å². The number of ether oxygens (including phenoxy) is 2. The van der Waals surface area contributed by atoms with E-state index in [-0.39, 0.29) is 0 Å². The second-order valence-electron chi connectivity index (χ2n) is 3.69. The Bertz CT molecular complexity index is 329. The van der Waals surface area contributed by atoms with Crippen LogP contribution in [0.2, 0.25) is 0 Å². The molecule has 0 aliphatic heterocycles. The summed E-state index contributed by atoms with van der Waals surface area (Å²) in [6.45, 7) is 1.48. The first kappa shape index (κ1) is 12.8. The zero-order valence-corrected chi connectivity index (χ0v) is 10.2. The number of nitrogens with zero attached hydrogens (tertiary/aromatic N) is 1. The Morgan fingerprint density at radius 2 is 2.00 bits per heavy atom. The van der Waals surface area contributed by atoms with Crippen molar-refractivity contribution in [1.82, 2.24) is 4.90 Å². The zero-order chi connectivity index (χ0) is 12.0. The van der Waals surface area contributed by atoms with E-state index in [0.717, 1.165) is 24.5 Å². The molecular weight excluding hydrogens is 204 g/mol. The molecule has 4 heteroatoms. The summed E-state index contributed by atoms with van der Waals surface area (Å²) in [5, 5.41) is 0. The first-order chi connectivity index (χ1) is 7.71. The van der Waals surface area contributed by atoms with Crippen molar-refractivity contribution in [2.24, 2.45) is 5.73 Å². The van der Waals surface area contributed by atoms with Gasteiger partial charge in [0.25, 0.3) is 0 Å². The Hall–Kier alpha value is -1.26. The van der Waals surface area contributed by atoms with E-state index >= 15 is 0 Å². The van der Waals surface area contributed by atoms with Crippen LogP contribution in [0.4, 0.5) is 0 Å². The number of likely N-dealkylation sites (N-methyl/N-ethyl adjacent to an activating group) is 1. The van der Waals surface area contributed by atoms with E-state index in [9.17, 15) is 0 Å².